The highest BCUT2D eigenvalue weighted by molar-refractivity contribution is 7.92. The zero-order valence-electron chi connectivity index (χ0n) is 15.5. The number of hydrogen-bond donors (Lipinski definition) is 1. The van der Waals surface area contributed by atoms with Crippen molar-refractivity contribution in [1.82, 2.24) is 5.16 Å². The van der Waals surface area contributed by atoms with Gasteiger partial charge in [-0.2, -0.15) is 0 Å². The molecule has 10 heteroatoms. The Morgan fingerprint density at radius 3 is 2.69 bits per heavy atom. The van der Waals surface area contributed by atoms with Crippen molar-refractivity contribution in [2.24, 2.45) is 0 Å². The van der Waals surface area contributed by atoms with Crippen LogP contribution in [0.2, 0.25) is 0 Å². The largest absolute Gasteiger partial charge is 0.495 e. The van der Waals surface area contributed by atoms with Crippen molar-refractivity contribution in [3.63, 3.8) is 0 Å². The Labute approximate surface area is 166 Å². The van der Waals surface area contributed by atoms with Gasteiger partial charge in [-0.3, -0.25) is 4.72 Å². The van der Waals surface area contributed by atoms with Crippen LogP contribution in [0.5, 0.6) is 5.75 Å². The number of methoxy groups -OCH3 is 1. The molecule has 0 bridgehead atoms. The molecule has 0 aliphatic rings. The minimum absolute atomic E-state index is 0.0417. The van der Waals surface area contributed by atoms with Crippen LogP contribution in [0.25, 0.3) is 11.3 Å². The van der Waals surface area contributed by atoms with E-state index in [9.17, 15) is 17.6 Å². The molecular weight excluding hydrogens is 403 g/mol. The summed E-state index contributed by atoms with van der Waals surface area (Å²) < 4.78 is 56.5. The normalized spacial score (nSPS) is 11.1. The number of halogens is 1. The van der Waals surface area contributed by atoms with Crippen molar-refractivity contribution in [2.75, 3.05) is 18.4 Å². The lowest BCUT2D eigenvalue weighted by Gasteiger charge is -2.12. The van der Waals surface area contributed by atoms with Crippen molar-refractivity contribution < 1.29 is 31.6 Å². The summed E-state index contributed by atoms with van der Waals surface area (Å²) >= 11 is 0. The van der Waals surface area contributed by atoms with Crippen LogP contribution in [0, 0.1) is 5.82 Å². The zero-order chi connectivity index (χ0) is 21.0. The van der Waals surface area contributed by atoms with E-state index in [-0.39, 0.29) is 34.4 Å². The van der Waals surface area contributed by atoms with E-state index in [0.29, 0.717) is 5.56 Å². The van der Waals surface area contributed by atoms with Gasteiger partial charge in [-0.1, -0.05) is 11.2 Å². The molecule has 0 fully saturated rings. The molecule has 1 aromatic heterocycles. The molecule has 0 saturated carbocycles. The topological polar surface area (TPSA) is 108 Å². The number of anilines is 1. The van der Waals surface area contributed by atoms with Crippen molar-refractivity contribution in [1.29, 1.82) is 0 Å². The standard InChI is InChI=1S/C19H17FN2O6S/c1-3-27-19(23)15-11-17(28-21-15)12-7-8-16(26-2)18(9-12)29(24,25)22-14-6-4-5-13(20)10-14/h4-11,22H,3H2,1-2H3. The SMILES string of the molecule is CCOC(=O)c1cc(-c2ccc(OC)c(S(=O)(=O)Nc3cccc(F)c3)c2)on1. The number of hydrogen-bond acceptors (Lipinski definition) is 7. The molecule has 0 atom stereocenters. The van der Waals surface area contributed by atoms with Gasteiger partial charge in [-0.15, -0.1) is 0 Å². The minimum atomic E-state index is -4.12. The van der Waals surface area contributed by atoms with Gasteiger partial charge >= 0.3 is 5.97 Å². The smallest absolute Gasteiger partial charge is 0.360 e. The van der Waals surface area contributed by atoms with E-state index in [1.807, 2.05) is 0 Å². The summed E-state index contributed by atoms with van der Waals surface area (Å²) in [7, 11) is -2.79. The lowest BCUT2D eigenvalue weighted by molar-refractivity contribution is 0.0514. The number of ether oxygens (including phenoxy) is 2. The molecule has 1 N–H and O–H groups in total. The van der Waals surface area contributed by atoms with Crippen molar-refractivity contribution >= 4 is 21.7 Å². The van der Waals surface area contributed by atoms with Gasteiger partial charge in [-0.25, -0.2) is 17.6 Å². The molecule has 29 heavy (non-hydrogen) atoms. The van der Waals surface area contributed by atoms with Crippen LogP contribution in [0.4, 0.5) is 10.1 Å². The van der Waals surface area contributed by atoms with Gasteiger partial charge in [0.15, 0.2) is 11.5 Å². The van der Waals surface area contributed by atoms with Crippen molar-refractivity contribution in [2.45, 2.75) is 11.8 Å². The van der Waals surface area contributed by atoms with Gasteiger partial charge in [0.05, 0.1) is 19.4 Å². The zero-order valence-corrected chi connectivity index (χ0v) is 16.3. The van der Waals surface area contributed by atoms with E-state index >= 15 is 0 Å². The van der Waals surface area contributed by atoms with Crippen LogP contribution in [0.3, 0.4) is 0 Å². The van der Waals surface area contributed by atoms with E-state index in [2.05, 4.69) is 9.88 Å². The highest BCUT2D eigenvalue weighted by Crippen LogP contribution is 2.31. The van der Waals surface area contributed by atoms with Crippen LogP contribution in [0.1, 0.15) is 17.4 Å². The van der Waals surface area contributed by atoms with Crippen LogP contribution >= 0.6 is 0 Å². The number of rotatable bonds is 7. The number of carbonyl (C=O) groups excluding carboxylic acids is 1. The third-order valence-electron chi connectivity index (χ3n) is 3.81. The second-order valence-electron chi connectivity index (χ2n) is 5.78. The fourth-order valence-corrected chi connectivity index (χ4v) is 3.76. The first-order valence-corrected chi connectivity index (χ1v) is 9.93. The van der Waals surface area contributed by atoms with Crippen LogP contribution in [-0.2, 0) is 14.8 Å². The molecule has 1 heterocycles. The molecule has 0 unspecified atom stereocenters. The number of benzene rings is 2. The predicted molar refractivity (Wildman–Crippen MR) is 102 cm³/mol. The van der Waals surface area contributed by atoms with E-state index < -0.39 is 21.8 Å². The number of sulfonamides is 1. The maximum atomic E-state index is 13.4. The Morgan fingerprint density at radius 2 is 2.00 bits per heavy atom. The van der Waals surface area contributed by atoms with E-state index in [1.165, 1.54) is 43.5 Å². The lowest BCUT2D eigenvalue weighted by atomic mass is 10.1. The minimum Gasteiger partial charge on any atom is -0.495 e. The molecule has 0 aliphatic heterocycles. The average molecular weight is 420 g/mol. The second-order valence-corrected chi connectivity index (χ2v) is 7.43. The maximum absolute atomic E-state index is 13.4. The summed E-state index contributed by atoms with van der Waals surface area (Å²) in [6, 6.07) is 10.7. The number of esters is 1. The summed E-state index contributed by atoms with van der Waals surface area (Å²) in [5.74, 6) is -1.00. The molecule has 8 nitrogen and oxygen atoms in total. The maximum Gasteiger partial charge on any atom is 0.360 e. The lowest BCUT2D eigenvalue weighted by Crippen LogP contribution is -2.14. The van der Waals surface area contributed by atoms with E-state index in [4.69, 9.17) is 14.0 Å². The first kappa shape index (κ1) is 20.3. The van der Waals surface area contributed by atoms with Gasteiger partial charge in [-0.05, 0) is 43.3 Å². The average Bonchev–Trinajstić information content (AvgIpc) is 3.18. The van der Waals surface area contributed by atoms with E-state index in [1.54, 1.807) is 13.0 Å². The molecule has 152 valence electrons. The Kier molecular flexibility index (Phi) is 5.83. The molecule has 0 amide bonds. The Morgan fingerprint density at radius 1 is 1.21 bits per heavy atom. The molecule has 0 saturated heterocycles. The highest BCUT2D eigenvalue weighted by atomic mass is 32.2. The summed E-state index contributed by atoms with van der Waals surface area (Å²) in [6.45, 7) is 1.84. The first-order chi connectivity index (χ1) is 13.8. The summed E-state index contributed by atoms with van der Waals surface area (Å²) in [6.07, 6.45) is 0. The number of nitrogens with zero attached hydrogens (tertiary/aromatic N) is 1. The van der Waals surface area contributed by atoms with Crippen molar-refractivity contribution in [3.8, 4) is 17.1 Å². The molecular formula is C19H17FN2O6S. The number of carbonyl (C=O) groups is 1. The number of nitrogens with one attached hydrogen (secondary N) is 1. The summed E-state index contributed by atoms with van der Waals surface area (Å²) in [5.41, 5.74) is 0.357. The Hall–Kier alpha value is -3.40. The third-order valence-corrected chi connectivity index (χ3v) is 5.21. The quantitative estimate of drug-likeness (QED) is 0.583. The molecule has 0 aliphatic carbocycles. The highest BCUT2D eigenvalue weighted by Gasteiger charge is 2.23. The summed E-state index contributed by atoms with van der Waals surface area (Å²) in [5, 5.41) is 3.64. The van der Waals surface area contributed by atoms with Crippen LogP contribution < -0.4 is 9.46 Å². The monoisotopic (exact) mass is 420 g/mol. The van der Waals surface area contributed by atoms with E-state index in [0.717, 1.165) is 6.07 Å². The molecule has 3 aromatic rings. The number of aromatic nitrogens is 1. The molecule has 0 spiro atoms. The first-order valence-electron chi connectivity index (χ1n) is 8.44. The third kappa shape index (κ3) is 4.54. The molecule has 3 rings (SSSR count). The predicted octanol–water partition coefficient (Wildman–Crippen LogP) is 3.47. The molecule has 0 radical (unpaired) electrons. The Bertz CT molecular complexity index is 1140. The van der Waals surface area contributed by atoms with Gasteiger partial charge in [0, 0.05) is 11.6 Å². The van der Waals surface area contributed by atoms with Crippen LogP contribution in [0.15, 0.2) is 57.9 Å². The Balaban J connectivity index is 1.98. The van der Waals surface area contributed by atoms with Crippen molar-refractivity contribution in [3.05, 3.63) is 60.0 Å². The summed E-state index contributed by atoms with van der Waals surface area (Å²) in [4.78, 5) is 11.5. The molecule has 2 aromatic carbocycles. The van der Waals surface area contributed by atoms with Gasteiger partial charge in [0.1, 0.15) is 16.5 Å². The fourth-order valence-electron chi connectivity index (χ4n) is 2.51. The fraction of sp³-hybridized carbons (Fsp3) is 0.158. The van der Waals surface area contributed by atoms with Gasteiger partial charge < -0.3 is 14.0 Å². The van der Waals surface area contributed by atoms with Crippen LogP contribution in [-0.4, -0.2) is 33.3 Å². The van der Waals surface area contributed by atoms with Gasteiger partial charge in [0.25, 0.3) is 10.0 Å². The second kappa shape index (κ2) is 8.31. The van der Waals surface area contributed by atoms with Gasteiger partial charge in [0.2, 0.25) is 0 Å².